The Morgan fingerprint density at radius 3 is 2.74 bits per heavy atom. The summed E-state index contributed by atoms with van der Waals surface area (Å²) in [4.78, 5) is 0. The van der Waals surface area contributed by atoms with Gasteiger partial charge in [-0.05, 0) is 46.1 Å². The molecule has 2 aromatic rings. The average molecular weight is 344 g/mol. The Hall–Kier alpha value is -0.840. The monoisotopic (exact) mass is 342 g/mol. The molecule has 1 N–H and O–H groups in total. The number of halogens is 2. The van der Waals surface area contributed by atoms with Crippen LogP contribution in [0.5, 0.6) is 0 Å². The molecule has 1 heterocycles. The van der Waals surface area contributed by atoms with E-state index in [2.05, 4.69) is 28.0 Å². The number of hydrogen-bond donors (Lipinski definition) is 1. The van der Waals surface area contributed by atoms with Crippen molar-refractivity contribution in [3.63, 3.8) is 0 Å². The number of aliphatic hydroxyl groups excluding tert-OH is 1. The molecule has 0 radical (unpaired) electrons. The van der Waals surface area contributed by atoms with Crippen LogP contribution in [0.2, 0.25) is 5.02 Å². The van der Waals surface area contributed by atoms with Crippen molar-refractivity contribution in [3.05, 3.63) is 50.7 Å². The first-order chi connectivity index (χ1) is 9.01. The van der Waals surface area contributed by atoms with E-state index in [1.165, 1.54) is 0 Å². The van der Waals surface area contributed by atoms with Gasteiger partial charge in [0, 0.05) is 23.6 Å². The van der Waals surface area contributed by atoms with Gasteiger partial charge in [-0.3, -0.25) is 4.68 Å². The number of hydrogen-bond acceptors (Lipinski definition) is 2. The van der Waals surface area contributed by atoms with Crippen molar-refractivity contribution in [2.75, 3.05) is 0 Å². The van der Waals surface area contributed by atoms with Gasteiger partial charge in [0.05, 0.1) is 16.8 Å². The second-order valence-corrected chi connectivity index (χ2v) is 5.76. The molecule has 0 amide bonds. The predicted molar refractivity (Wildman–Crippen MR) is 80.4 cm³/mol. The smallest absolute Gasteiger partial charge is 0.0845 e. The summed E-state index contributed by atoms with van der Waals surface area (Å²) in [6.07, 6.45) is 0.877. The van der Waals surface area contributed by atoms with Crippen LogP contribution in [0, 0.1) is 0 Å². The molecule has 2 rings (SSSR count). The minimum absolute atomic E-state index is 0.539. The highest BCUT2D eigenvalue weighted by molar-refractivity contribution is 9.10. The van der Waals surface area contributed by atoms with Crippen molar-refractivity contribution in [2.45, 2.75) is 25.9 Å². The van der Waals surface area contributed by atoms with E-state index in [0.717, 1.165) is 27.8 Å². The van der Waals surface area contributed by atoms with Gasteiger partial charge in [-0.1, -0.05) is 24.6 Å². The molecule has 5 heteroatoms. The summed E-state index contributed by atoms with van der Waals surface area (Å²) in [6, 6.07) is 7.51. The molecule has 0 aliphatic heterocycles. The standard InChI is InChI=1S/C14H16BrClN2O/c1-3-10-7-11(18(2)17-10)8-14(19)9-4-5-13(16)12(15)6-9/h4-7,14,19H,3,8H2,1-2H3. The molecule has 0 aliphatic rings. The van der Waals surface area contributed by atoms with Gasteiger partial charge in [0.1, 0.15) is 0 Å². The van der Waals surface area contributed by atoms with E-state index in [1.807, 2.05) is 29.9 Å². The Labute approximate surface area is 126 Å². The summed E-state index contributed by atoms with van der Waals surface area (Å²) in [5.41, 5.74) is 2.91. The number of aliphatic hydroxyl groups is 1. The number of rotatable bonds is 4. The average Bonchev–Trinajstić information content (AvgIpc) is 2.73. The van der Waals surface area contributed by atoms with E-state index in [-0.39, 0.29) is 0 Å². The molecule has 0 spiro atoms. The van der Waals surface area contributed by atoms with Crippen molar-refractivity contribution in [2.24, 2.45) is 7.05 Å². The fourth-order valence-corrected chi connectivity index (χ4v) is 2.48. The Balaban J connectivity index is 2.17. The summed E-state index contributed by atoms with van der Waals surface area (Å²) >= 11 is 9.32. The van der Waals surface area contributed by atoms with Gasteiger partial charge in [0.15, 0.2) is 0 Å². The summed E-state index contributed by atoms with van der Waals surface area (Å²) in [6.45, 7) is 2.07. The molecule has 1 atom stereocenters. The molecule has 1 unspecified atom stereocenters. The van der Waals surface area contributed by atoms with Crippen LogP contribution in [0.4, 0.5) is 0 Å². The topological polar surface area (TPSA) is 38.0 Å². The molecule has 0 fully saturated rings. The minimum atomic E-state index is -0.561. The summed E-state index contributed by atoms with van der Waals surface area (Å²) in [5.74, 6) is 0. The van der Waals surface area contributed by atoms with Gasteiger partial charge in [-0.15, -0.1) is 0 Å². The van der Waals surface area contributed by atoms with Crippen molar-refractivity contribution >= 4 is 27.5 Å². The maximum atomic E-state index is 10.3. The fourth-order valence-electron chi connectivity index (χ4n) is 1.97. The van der Waals surface area contributed by atoms with Crippen LogP contribution in [0.15, 0.2) is 28.7 Å². The molecule has 0 aliphatic carbocycles. The van der Waals surface area contributed by atoms with Crippen molar-refractivity contribution in [1.29, 1.82) is 0 Å². The third-order valence-electron chi connectivity index (χ3n) is 3.12. The van der Waals surface area contributed by atoms with Crippen molar-refractivity contribution in [1.82, 2.24) is 9.78 Å². The summed E-state index contributed by atoms with van der Waals surface area (Å²) in [5, 5.41) is 15.3. The second-order valence-electron chi connectivity index (χ2n) is 4.50. The van der Waals surface area contributed by atoms with Crippen LogP contribution in [-0.2, 0) is 19.9 Å². The highest BCUT2D eigenvalue weighted by Gasteiger charge is 2.13. The molecular weight excluding hydrogens is 328 g/mol. The van der Waals surface area contributed by atoms with Crippen LogP contribution in [0.25, 0.3) is 0 Å². The minimum Gasteiger partial charge on any atom is -0.388 e. The first kappa shape index (κ1) is 14.6. The zero-order valence-electron chi connectivity index (χ0n) is 10.9. The van der Waals surface area contributed by atoms with E-state index < -0.39 is 6.10 Å². The van der Waals surface area contributed by atoms with Crippen LogP contribution in [-0.4, -0.2) is 14.9 Å². The van der Waals surface area contributed by atoms with Gasteiger partial charge in [-0.2, -0.15) is 5.10 Å². The highest BCUT2D eigenvalue weighted by atomic mass is 79.9. The molecular formula is C14H16BrClN2O. The zero-order chi connectivity index (χ0) is 14.0. The first-order valence-corrected chi connectivity index (χ1v) is 7.33. The zero-order valence-corrected chi connectivity index (χ0v) is 13.2. The van der Waals surface area contributed by atoms with Crippen molar-refractivity contribution < 1.29 is 5.11 Å². The first-order valence-electron chi connectivity index (χ1n) is 6.16. The van der Waals surface area contributed by atoms with Gasteiger partial charge >= 0.3 is 0 Å². The summed E-state index contributed by atoms with van der Waals surface area (Å²) < 4.78 is 2.62. The number of nitrogens with zero attached hydrogens (tertiary/aromatic N) is 2. The lowest BCUT2D eigenvalue weighted by molar-refractivity contribution is 0.175. The van der Waals surface area contributed by atoms with Gasteiger partial charge < -0.3 is 5.11 Å². The third kappa shape index (κ3) is 3.38. The molecule has 1 aromatic heterocycles. The SMILES string of the molecule is CCc1cc(CC(O)c2ccc(Cl)c(Br)c2)n(C)n1. The van der Waals surface area contributed by atoms with Gasteiger partial charge in [-0.25, -0.2) is 0 Å². The van der Waals surface area contributed by atoms with E-state index in [0.29, 0.717) is 11.4 Å². The fraction of sp³-hybridized carbons (Fsp3) is 0.357. The normalized spacial score (nSPS) is 12.7. The van der Waals surface area contributed by atoms with Gasteiger partial charge in [0.25, 0.3) is 0 Å². The van der Waals surface area contributed by atoms with E-state index >= 15 is 0 Å². The van der Waals surface area contributed by atoms with Gasteiger partial charge in [0.2, 0.25) is 0 Å². The lowest BCUT2D eigenvalue weighted by atomic mass is 10.0. The van der Waals surface area contributed by atoms with Crippen molar-refractivity contribution in [3.8, 4) is 0 Å². The van der Waals surface area contributed by atoms with Crippen LogP contribution < -0.4 is 0 Å². The lowest BCUT2D eigenvalue weighted by Crippen LogP contribution is -2.06. The Morgan fingerprint density at radius 1 is 1.42 bits per heavy atom. The molecule has 102 valence electrons. The Bertz CT molecular complexity index is 583. The van der Waals surface area contributed by atoms with Crippen LogP contribution in [0.1, 0.15) is 30.0 Å². The van der Waals surface area contributed by atoms with Crippen LogP contribution in [0.3, 0.4) is 0 Å². The second kappa shape index (κ2) is 6.07. The molecule has 3 nitrogen and oxygen atoms in total. The lowest BCUT2D eigenvalue weighted by Gasteiger charge is -2.12. The Kier molecular flexibility index (Phi) is 4.66. The third-order valence-corrected chi connectivity index (χ3v) is 4.33. The maximum absolute atomic E-state index is 10.3. The van der Waals surface area contributed by atoms with E-state index in [1.54, 1.807) is 6.07 Å². The van der Waals surface area contributed by atoms with E-state index in [9.17, 15) is 5.11 Å². The van der Waals surface area contributed by atoms with Crippen LogP contribution >= 0.6 is 27.5 Å². The maximum Gasteiger partial charge on any atom is 0.0845 e. The number of aryl methyl sites for hydroxylation is 2. The molecule has 19 heavy (non-hydrogen) atoms. The highest BCUT2D eigenvalue weighted by Crippen LogP contribution is 2.27. The summed E-state index contributed by atoms with van der Waals surface area (Å²) in [7, 11) is 1.90. The number of aromatic nitrogens is 2. The Morgan fingerprint density at radius 2 is 2.16 bits per heavy atom. The number of benzene rings is 1. The molecule has 1 aromatic carbocycles. The largest absolute Gasteiger partial charge is 0.388 e. The quantitative estimate of drug-likeness (QED) is 0.919. The van der Waals surface area contributed by atoms with E-state index in [4.69, 9.17) is 11.6 Å². The molecule has 0 saturated carbocycles. The predicted octanol–water partition coefficient (Wildman–Crippen LogP) is 3.67. The molecule has 0 saturated heterocycles. The molecule has 0 bridgehead atoms.